The Labute approximate surface area is 46.7 Å². The molecule has 1 aliphatic rings. The first-order valence-corrected chi connectivity index (χ1v) is 2.19. The summed E-state index contributed by atoms with van der Waals surface area (Å²) in [6.07, 6.45) is 2.85. The highest BCUT2D eigenvalue weighted by atomic mass is 16.1. The molecule has 0 radical (unpaired) electrons. The number of hydrogen-bond acceptors (Lipinski definition) is 3. The maximum atomic E-state index is 10.4. The molecule has 3 nitrogen and oxygen atoms in total. The lowest BCUT2D eigenvalue weighted by Crippen LogP contribution is -2.10. The van der Waals surface area contributed by atoms with Gasteiger partial charge in [-0.3, -0.25) is 4.79 Å². The van der Waals surface area contributed by atoms with Crippen molar-refractivity contribution in [1.82, 2.24) is 0 Å². The first kappa shape index (κ1) is 4.90. The standard InChI is InChI=1S/C5H6N2O/c6-3-1-2-4(8)5(3)7/h1-2H,(H4,6,7,8). The number of carbonyl (C=O) groups excluding carboxylic acids is 1. The lowest BCUT2D eigenvalue weighted by atomic mass is 10.3. The molecule has 1 aliphatic carbocycles. The van der Waals surface area contributed by atoms with Gasteiger partial charge in [0.05, 0.1) is 5.70 Å². The van der Waals surface area contributed by atoms with Gasteiger partial charge in [0.2, 0.25) is 5.78 Å². The van der Waals surface area contributed by atoms with Gasteiger partial charge < -0.3 is 11.5 Å². The van der Waals surface area contributed by atoms with E-state index >= 15 is 0 Å². The minimum absolute atomic E-state index is 0.157. The maximum absolute atomic E-state index is 10.4. The second-order valence-electron chi connectivity index (χ2n) is 1.57. The van der Waals surface area contributed by atoms with Crippen LogP contribution in [0.5, 0.6) is 0 Å². The minimum atomic E-state index is -0.192. The average Bonchev–Trinajstić information content (AvgIpc) is 1.98. The van der Waals surface area contributed by atoms with Crippen LogP contribution in [0.2, 0.25) is 0 Å². The molecule has 0 aromatic heterocycles. The monoisotopic (exact) mass is 110 g/mol. The molecular formula is C5H6N2O. The predicted octanol–water partition coefficient (Wildman–Crippen LogP) is -0.746. The fourth-order valence-electron chi connectivity index (χ4n) is 0.487. The topological polar surface area (TPSA) is 69.1 Å². The Morgan fingerprint density at radius 1 is 1.25 bits per heavy atom. The molecule has 3 heteroatoms. The quantitative estimate of drug-likeness (QED) is 0.431. The number of rotatable bonds is 0. The zero-order chi connectivity index (χ0) is 6.15. The van der Waals surface area contributed by atoms with Gasteiger partial charge in [-0.25, -0.2) is 0 Å². The highest BCUT2D eigenvalue weighted by molar-refractivity contribution is 6.06. The summed E-state index contributed by atoms with van der Waals surface area (Å²) in [5.41, 5.74) is 10.9. The molecule has 42 valence electrons. The van der Waals surface area contributed by atoms with Crippen LogP contribution in [0.4, 0.5) is 0 Å². The third kappa shape index (κ3) is 0.484. The van der Waals surface area contributed by atoms with Gasteiger partial charge in [0.15, 0.2) is 0 Å². The summed E-state index contributed by atoms with van der Waals surface area (Å²) in [5.74, 6) is -0.192. The van der Waals surface area contributed by atoms with Gasteiger partial charge >= 0.3 is 0 Å². The van der Waals surface area contributed by atoms with Gasteiger partial charge in [-0.05, 0) is 12.2 Å². The molecule has 0 aromatic rings. The minimum Gasteiger partial charge on any atom is -0.397 e. The maximum Gasteiger partial charge on any atom is 0.203 e. The van der Waals surface area contributed by atoms with Crippen molar-refractivity contribution >= 4 is 5.78 Å². The molecule has 8 heavy (non-hydrogen) atoms. The van der Waals surface area contributed by atoms with Crippen molar-refractivity contribution in [2.75, 3.05) is 0 Å². The smallest absolute Gasteiger partial charge is 0.203 e. The van der Waals surface area contributed by atoms with Gasteiger partial charge in [0.1, 0.15) is 5.70 Å². The van der Waals surface area contributed by atoms with E-state index in [4.69, 9.17) is 11.5 Å². The normalized spacial score (nSPS) is 18.2. The number of hydrogen-bond donors (Lipinski definition) is 2. The largest absolute Gasteiger partial charge is 0.397 e. The molecule has 0 aliphatic heterocycles. The highest BCUT2D eigenvalue weighted by Crippen LogP contribution is 2.03. The Hall–Kier alpha value is -1.25. The molecule has 1 rings (SSSR count). The van der Waals surface area contributed by atoms with Crippen molar-refractivity contribution < 1.29 is 4.79 Å². The van der Waals surface area contributed by atoms with Gasteiger partial charge in [0.25, 0.3) is 0 Å². The molecule has 4 N–H and O–H groups in total. The first-order valence-electron chi connectivity index (χ1n) is 2.19. The van der Waals surface area contributed by atoms with Crippen LogP contribution in [-0.4, -0.2) is 5.78 Å². The molecule has 0 amide bonds. The van der Waals surface area contributed by atoms with Crippen LogP contribution in [0.15, 0.2) is 23.5 Å². The van der Waals surface area contributed by atoms with Crippen LogP contribution >= 0.6 is 0 Å². The van der Waals surface area contributed by atoms with Crippen molar-refractivity contribution in [3.8, 4) is 0 Å². The van der Waals surface area contributed by atoms with Crippen molar-refractivity contribution in [3.63, 3.8) is 0 Å². The lowest BCUT2D eigenvalue weighted by molar-refractivity contribution is -0.111. The summed E-state index contributed by atoms with van der Waals surface area (Å²) < 4.78 is 0. The van der Waals surface area contributed by atoms with E-state index in [-0.39, 0.29) is 11.5 Å². The molecule has 0 atom stereocenters. The average molecular weight is 110 g/mol. The van der Waals surface area contributed by atoms with Crippen LogP contribution in [0.1, 0.15) is 0 Å². The van der Waals surface area contributed by atoms with Gasteiger partial charge in [-0.2, -0.15) is 0 Å². The van der Waals surface area contributed by atoms with Gasteiger partial charge in [0, 0.05) is 0 Å². The zero-order valence-electron chi connectivity index (χ0n) is 4.22. The SMILES string of the molecule is NC1=C(N)C(=O)C=C1. The number of nitrogens with two attached hydrogens (primary N) is 2. The van der Waals surface area contributed by atoms with E-state index in [0.717, 1.165) is 0 Å². The molecule has 0 saturated heterocycles. The number of allylic oxidation sites excluding steroid dienone is 2. The summed E-state index contributed by atoms with van der Waals surface area (Å²) in [7, 11) is 0. The first-order chi connectivity index (χ1) is 3.72. The van der Waals surface area contributed by atoms with E-state index in [1.165, 1.54) is 12.2 Å². The van der Waals surface area contributed by atoms with Crippen molar-refractivity contribution in [2.24, 2.45) is 11.5 Å². The summed E-state index contributed by atoms with van der Waals surface area (Å²) in [6, 6.07) is 0. The summed E-state index contributed by atoms with van der Waals surface area (Å²) in [4.78, 5) is 10.4. The fourth-order valence-corrected chi connectivity index (χ4v) is 0.487. The van der Waals surface area contributed by atoms with Gasteiger partial charge in [-0.1, -0.05) is 0 Å². The van der Waals surface area contributed by atoms with Crippen LogP contribution in [0, 0.1) is 0 Å². The predicted molar refractivity (Wildman–Crippen MR) is 29.5 cm³/mol. The van der Waals surface area contributed by atoms with E-state index in [0.29, 0.717) is 5.70 Å². The van der Waals surface area contributed by atoms with Crippen molar-refractivity contribution in [2.45, 2.75) is 0 Å². The molecule has 0 saturated carbocycles. The molecule has 0 unspecified atom stereocenters. The Kier molecular flexibility index (Phi) is 0.836. The second kappa shape index (κ2) is 1.36. The van der Waals surface area contributed by atoms with Crippen molar-refractivity contribution in [1.29, 1.82) is 0 Å². The molecule has 0 bridgehead atoms. The number of carbonyl (C=O) groups is 1. The Bertz CT molecular complexity index is 187. The van der Waals surface area contributed by atoms with Gasteiger partial charge in [-0.15, -0.1) is 0 Å². The van der Waals surface area contributed by atoms with E-state index in [1.807, 2.05) is 0 Å². The third-order valence-corrected chi connectivity index (χ3v) is 0.991. The highest BCUT2D eigenvalue weighted by Gasteiger charge is 2.09. The Morgan fingerprint density at radius 3 is 2.00 bits per heavy atom. The second-order valence-corrected chi connectivity index (χ2v) is 1.57. The van der Waals surface area contributed by atoms with E-state index in [2.05, 4.69) is 0 Å². The van der Waals surface area contributed by atoms with Crippen LogP contribution in [0.3, 0.4) is 0 Å². The number of ketones is 1. The molecule has 0 heterocycles. The third-order valence-electron chi connectivity index (χ3n) is 0.991. The lowest BCUT2D eigenvalue weighted by Gasteiger charge is -1.88. The molecule has 0 spiro atoms. The molecule has 0 fully saturated rings. The van der Waals surface area contributed by atoms with Crippen LogP contribution in [-0.2, 0) is 4.79 Å². The van der Waals surface area contributed by atoms with E-state index in [1.54, 1.807) is 0 Å². The summed E-state index contributed by atoms with van der Waals surface area (Å²) in [5, 5.41) is 0. The Balaban J connectivity index is 3.02. The van der Waals surface area contributed by atoms with Crippen molar-refractivity contribution in [3.05, 3.63) is 23.5 Å². The fraction of sp³-hybridized carbons (Fsp3) is 0. The summed E-state index contributed by atoms with van der Waals surface area (Å²) >= 11 is 0. The van der Waals surface area contributed by atoms with Crippen LogP contribution < -0.4 is 11.5 Å². The van der Waals surface area contributed by atoms with Crippen LogP contribution in [0.25, 0.3) is 0 Å². The molecule has 0 aromatic carbocycles. The van der Waals surface area contributed by atoms with E-state index < -0.39 is 0 Å². The molecular weight excluding hydrogens is 104 g/mol. The Morgan fingerprint density at radius 2 is 1.88 bits per heavy atom. The zero-order valence-corrected chi connectivity index (χ0v) is 4.22. The summed E-state index contributed by atoms with van der Waals surface area (Å²) in [6.45, 7) is 0. The van der Waals surface area contributed by atoms with E-state index in [9.17, 15) is 4.79 Å².